The van der Waals surface area contributed by atoms with Gasteiger partial charge in [0.05, 0.1) is 0 Å². The van der Waals surface area contributed by atoms with E-state index in [0.717, 1.165) is 5.69 Å². The van der Waals surface area contributed by atoms with E-state index in [1.165, 1.54) is 0 Å². The lowest BCUT2D eigenvalue weighted by molar-refractivity contribution is 0.475. The Morgan fingerprint density at radius 2 is 1.75 bits per heavy atom. The highest BCUT2D eigenvalue weighted by Gasteiger charge is 1.92. The van der Waals surface area contributed by atoms with E-state index in [1.54, 1.807) is 12.1 Å². The fraction of sp³-hybridized carbons (Fsp3) is 0.333. The first-order chi connectivity index (χ1) is 5.68. The first-order valence-electron chi connectivity index (χ1n) is 3.99. The predicted octanol–water partition coefficient (Wildman–Crippen LogP) is 1.72. The van der Waals surface area contributed by atoms with Gasteiger partial charge in [0.1, 0.15) is 5.75 Å². The quantitative estimate of drug-likeness (QED) is 0.473. The van der Waals surface area contributed by atoms with E-state index in [-0.39, 0.29) is 5.75 Å². The Hall–Kier alpha value is -1.22. The van der Waals surface area contributed by atoms with E-state index in [9.17, 15) is 0 Å². The van der Waals surface area contributed by atoms with Gasteiger partial charge in [0.2, 0.25) is 0 Å². The summed E-state index contributed by atoms with van der Waals surface area (Å²) in [6.07, 6.45) is 0. The van der Waals surface area contributed by atoms with Crippen molar-refractivity contribution < 1.29 is 5.11 Å². The van der Waals surface area contributed by atoms with Gasteiger partial charge >= 0.3 is 0 Å². The van der Waals surface area contributed by atoms with Gasteiger partial charge in [-0.15, -0.1) is 0 Å². The maximum absolute atomic E-state index is 8.99. The minimum atomic E-state index is 0.282. The van der Waals surface area contributed by atoms with Crippen molar-refractivity contribution >= 4 is 5.69 Å². The van der Waals surface area contributed by atoms with Crippen molar-refractivity contribution in [2.24, 2.45) is 0 Å². The van der Waals surface area contributed by atoms with Crippen LogP contribution < -0.4 is 10.9 Å². The summed E-state index contributed by atoms with van der Waals surface area (Å²) < 4.78 is 0. The zero-order chi connectivity index (χ0) is 8.97. The van der Waals surface area contributed by atoms with Crippen molar-refractivity contribution in [2.75, 3.05) is 5.43 Å². The van der Waals surface area contributed by atoms with Crippen LogP contribution in [0.5, 0.6) is 5.75 Å². The largest absolute Gasteiger partial charge is 0.508 e. The van der Waals surface area contributed by atoms with Crippen molar-refractivity contribution in [3.05, 3.63) is 24.3 Å². The molecule has 0 aliphatic heterocycles. The van der Waals surface area contributed by atoms with E-state index < -0.39 is 0 Å². The molecular formula is C9H14N2O. The number of phenolic OH excluding ortho intramolecular Hbond substituents is 1. The highest BCUT2D eigenvalue weighted by molar-refractivity contribution is 5.44. The lowest BCUT2D eigenvalue weighted by Gasteiger charge is -2.10. The molecule has 0 saturated carbocycles. The number of nitrogens with one attached hydrogen (secondary N) is 2. The van der Waals surface area contributed by atoms with Gasteiger partial charge in [-0.1, -0.05) is 0 Å². The molecule has 0 aliphatic carbocycles. The number of anilines is 1. The van der Waals surface area contributed by atoms with Gasteiger partial charge in [0.15, 0.2) is 0 Å². The van der Waals surface area contributed by atoms with Crippen LogP contribution in [0.3, 0.4) is 0 Å². The van der Waals surface area contributed by atoms with Crippen molar-refractivity contribution in [1.82, 2.24) is 5.43 Å². The van der Waals surface area contributed by atoms with Crippen molar-refractivity contribution in [2.45, 2.75) is 19.9 Å². The lowest BCUT2D eigenvalue weighted by Crippen LogP contribution is -2.28. The van der Waals surface area contributed by atoms with Gasteiger partial charge in [-0.2, -0.15) is 0 Å². The number of benzene rings is 1. The number of phenols is 1. The monoisotopic (exact) mass is 166 g/mol. The topological polar surface area (TPSA) is 44.3 Å². The van der Waals surface area contributed by atoms with Gasteiger partial charge in [0, 0.05) is 11.7 Å². The van der Waals surface area contributed by atoms with E-state index in [0.29, 0.717) is 6.04 Å². The number of rotatable bonds is 3. The molecule has 0 spiro atoms. The third-order valence-electron chi connectivity index (χ3n) is 1.37. The molecule has 0 radical (unpaired) electrons. The molecule has 0 amide bonds. The van der Waals surface area contributed by atoms with Crippen LogP contribution in [0.1, 0.15) is 13.8 Å². The standard InChI is InChI=1S/C9H14N2O/c1-7(2)10-11-8-3-5-9(12)6-4-8/h3-7,10-12H,1-2H3. The highest BCUT2D eigenvalue weighted by atomic mass is 16.3. The molecule has 1 aromatic rings. The van der Waals surface area contributed by atoms with E-state index in [2.05, 4.69) is 10.9 Å². The Morgan fingerprint density at radius 1 is 1.17 bits per heavy atom. The minimum Gasteiger partial charge on any atom is -0.508 e. The van der Waals surface area contributed by atoms with Crippen molar-refractivity contribution in [3.8, 4) is 5.75 Å². The van der Waals surface area contributed by atoms with E-state index in [1.807, 2.05) is 26.0 Å². The summed E-state index contributed by atoms with van der Waals surface area (Å²) in [6, 6.07) is 7.29. The highest BCUT2D eigenvalue weighted by Crippen LogP contribution is 2.12. The molecule has 1 rings (SSSR count). The first kappa shape index (κ1) is 8.87. The molecule has 66 valence electrons. The third kappa shape index (κ3) is 2.80. The Bertz CT molecular complexity index is 231. The van der Waals surface area contributed by atoms with Gasteiger partial charge in [0.25, 0.3) is 0 Å². The Morgan fingerprint density at radius 3 is 2.25 bits per heavy atom. The lowest BCUT2D eigenvalue weighted by atomic mass is 10.3. The third-order valence-corrected chi connectivity index (χ3v) is 1.37. The second-order valence-electron chi connectivity index (χ2n) is 2.97. The van der Waals surface area contributed by atoms with Crippen LogP contribution in [-0.4, -0.2) is 11.1 Å². The molecule has 3 N–H and O–H groups in total. The molecule has 3 heteroatoms. The summed E-state index contributed by atoms with van der Waals surface area (Å²) in [7, 11) is 0. The van der Waals surface area contributed by atoms with Gasteiger partial charge in [-0.05, 0) is 38.1 Å². The average molecular weight is 166 g/mol. The molecule has 0 unspecified atom stereocenters. The Balaban J connectivity index is 2.48. The summed E-state index contributed by atoms with van der Waals surface area (Å²) in [5, 5.41) is 8.99. The number of hydrazine groups is 1. The zero-order valence-corrected chi connectivity index (χ0v) is 7.33. The van der Waals surface area contributed by atoms with Crippen molar-refractivity contribution in [3.63, 3.8) is 0 Å². The minimum absolute atomic E-state index is 0.282. The van der Waals surface area contributed by atoms with Crippen LogP contribution in [0.15, 0.2) is 24.3 Å². The van der Waals surface area contributed by atoms with Crippen LogP contribution in [0, 0.1) is 0 Å². The fourth-order valence-electron chi connectivity index (χ4n) is 0.772. The molecule has 0 bridgehead atoms. The molecule has 0 aromatic heterocycles. The first-order valence-corrected chi connectivity index (χ1v) is 3.99. The molecule has 3 nitrogen and oxygen atoms in total. The number of aromatic hydroxyl groups is 1. The smallest absolute Gasteiger partial charge is 0.115 e. The molecule has 1 aromatic carbocycles. The van der Waals surface area contributed by atoms with Crippen molar-refractivity contribution in [1.29, 1.82) is 0 Å². The molecule has 0 fully saturated rings. The maximum atomic E-state index is 8.99. The second kappa shape index (κ2) is 3.97. The zero-order valence-electron chi connectivity index (χ0n) is 7.33. The van der Waals surface area contributed by atoms with Crippen LogP contribution >= 0.6 is 0 Å². The molecule has 0 aliphatic rings. The summed E-state index contributed by atoms with van der Waals surface area (Å²) in [6.45, 7) is 4.10. The summed E-state index contributed by atoms with van der Waals surface area (Å²) in [4.78, 5) is 0. The van der Waals surface area contributed by atoms with E-state index in [4.69, 9.17) is 5.11 Å². The summed E-state index contributed by atoms with van der Waals surface area (Å²) in [5.74, 6) is 0.282. The Kier molecular flexibility index (Phi) is 2.94. The van der Waals surface area contributed by atoms with Gasteiger partial charge < -0.3 is 10.5 Å². The molecule has 0 saturated heterocycles. The van der Waals surface area contributed by atoms with Gasteiger partial charge in [-0.3, -0.25) is 0 Å². The second-order valence-corrected chi connectivity index (χ2v) is 2.97. The Labute approximate surface area is 72.4 Å². The van der Waals surface area contributed by atoms with Crippen LogP contribution in [0.4, 0.5) is 5.69 Å². The van der Waals surface area contributed by atoms with E-state index >= 15 is 0 Å². The molecular weight excluding hydrogens is 152 g/mol. The summed E-state index contributed by atoms with van der Waals surface area (Å²) in [5.41, 5.74) is 7.01. The summed E-state index contributed by atoms with van der Waals surface area (Å²) >= 11 is 0. The van der Waals surface area contributed by atoms with Gasteiger partial charge in [-0.25, -0.2) is 5.43 Å². The normalized spacial score (nSPS) is 10.2. The SMILES string of the molecule is CC(C)NNc1ccc(O)cc1. The van der Waals surface area contributed by atoms with Crippen LogP contribution in [-0.2, 0) is 0 Å². The number of hydrogen-bond donors (Lipinski definition) is 3. The molecule has 0 atom stereocenters. The predicted molar refractivity (Wildman–Crippen MR) is 50.0 cm³/mol. The molecule has 0 heterocycles. The fourth-order valence-corrected chi connectivity index (χ4v) is 0.772. The van der Waals surface area contributed by atoms with Crippen LogP contribution in [0.25, 0.3) is 0 Å². The molecule has 12 heavy (non-hydrogen) atoms. The maximum Gasteiger partial charge on any atom is 0.115 e. The average Bonchev–Trinajstić information content (AvgIpc) is 2.03. The van der Waals surface area contributed by atoms with Crippen LogP contribution in [0.2, 0.25) is 0 Å². The number of hydrogen-bond acceptors (Lipinski definition) is 3.